The molecule has 1 saturated heterocycles. The van der Waals surface area contributed by atoms with Gasteiger partial charge in [-0.3, -0.25) is 23.7 Å². The Morgan fingerprint density at radius 3 is 1.71 bits per heavy atom. The Bertz CT molecular complexity index is 656. The first-order chi connectivity index (χ1) is 12.8. The van der Waals surface area contributed by atoms with E-state index in [1.807, 2.05) is 0 Å². The summed E-state index contributed by atoms with van der Waals surface area (Å²) in [5, 5.41) is 0. The Balaban J connectivity index is 3.34. The van der Waals surface area contributed by atoms with Crippen LogP contribution in [0, 0.1) is 0 Å². The van der Waals surface area contributed by atoms with Crippen molar-refractivity contribution >= 4 is 31.7 Å². The van der Waals surface area contributed by atoms with Crippen LogP contribution in [0.2, 0.25) is 0 Å². The Morgan fingerprint density at radius 1 is 0.821 bits per heavy atom. The molecule has 0 aliphatic carbocycles. The van der Waals surface area contributed by atoms with Crippen molar-refractivity contribution in [2.24, 2.45) is 0 Å². The van der Waals surface area contributed by atoms with E-state index in [9.17, 15) is 23.7 Å². The number of ether oxygens (including phenoxy) is 5. The summed E-state index contributed by atoms with van der Waals surface area (Å²) >= 11 is 0. The first-order valence-electron chi connectivity index (χ1n) is 7.84. The summed E-state index contributed by atoms with van der Waals surface area (Å²) in [5.74, 6) is -3.38. The third-order valence-corrected chi connectivity index (χ3v) is 3.67. The highest BCUT2D eigenvalue weighted by Crippen LogP contribution is 2.42. The number of esters is 4. The Labute approximate surface area is 159 Å². The van der Waals surface area contributed by atoms with Crippen LogP contribution in [0.15, 0.2) is 0 Å². The van der Waals surface area contributed by atoms with Crippen molar-refractivity contribution in [2.75, 3.05) is 6.61 Å². The van der Waals surface area contributed by atoms with Gasteiger partial charge in [0.2, 0.25) is 6.29 Å². The maximum absolute atomic E-state index is 11.5. The minimum atomic E-state index is -5.16. The van der Waals surface area contributed by atoms with Gasteiger partial charge in [0.15, 0.2) is 18.3 Å². The summed E-state index contributed by atoms with van der Waals surface area (Å²) < 4.78 is 40.9. The molecular formula is C14H21O13P. The molecule has 0 radical (unpaired) electrons. The van der Waals surface area contributed by atoms with Crippen LogP contribution in [0.3, 0.4) is 0 Å². The molecule has 1 aliphatic heterocycles. The standard InChI is InChI=1S/C14H21O13P/c1-6(15)22-5-10-11(23-7(2)16)12(24-8(3)17)13(25-9(4)18)14(26-10)27-28(19,20)21/h10-14H,5H2,1-4H3,(H2,19,20,21)/t10-,11+,12+,13+,14+/m1/s1. The van der Waals surface area contributed by atoms with Crippen LogP contribution in [0.5, 0.6) is 0 Å². The fraction of sp³-hybridized carbons (Fsp3) is 0.714. The number of hydrogen-bond acceptors (Lipinski definition) is 11. The van der Waals surface area contributed by atoms with Crippen molar-refractivity contribution in [3.8, 4) is 0 Å². The van der Waals surface area contributed by atoms with Gasteiger partial charge in [0, 0.05) is 27.7 Å². The van der Waals surface area contributed by atoms with E-state index >= 15 is 0 Å². The van der Waals surface area contributed by atoms with Crippen LogP contribution in [-0.4, -0.2) is 71.0 Å². The lowest BCUT2D eigenvalue weighted by Gasteiger charge is -2.43. The number of phosphoric ester groups is 1. The van der Waals surface area contributed by atoms with E-state index in [0.29, 0.717) is 0 Å². The highest BCUT2D eigenvalue weighted by molar-refractivity contribution is 7.46. The summed E-state index contributed by atoms with van der Waals surface area (Å²) in [7, 11) is -5.16. The van der Waals surface area contributed by atoms with Crippen LogP contribution in [0.25, 0.3) is 0 Å². The van der Waals surface area contributed by atoms with Gasteiger partial charge in [-0.2, -0.15) is 0 Å². The summed E-state index contributed by atoms with van der Waals surface area (Å²) in [4.78, 5) is 63.7. The Morgan fingerprint density at radius 2 is 1.29 bits per heavy atom. The van der Waals surface area contributed by atoms with Gasteiger partial charge in [0.1, 0.15) is 12.7 Å². The van der Waals surface area contributed by atoms with Crippen molar-refractivity contribution in [1.29, 1.82) is 0 Å². The number of hydrogen-bond donors (Lipinski definition) is 2. The quantitative estimate of drug-likeness (QED) is 0.292. The first kappa shape index (κ1) is 24.0. The highest BCUT2D eigenvalue weighted by atomic mass is 31.2. The predicted molar refractivity (Wildman–Crippen MR) is 85.1 cm³/mol. The molecular weight excluding hydrogens is 407 g/mol. The van der Waals surface area contributed by atoms with E-state index in [1.165, 1.54) is 0 Å². The van der Waals surface area contributed by atoms with Crippen molar-refractivity contribution in [1.82, 2.24) is 0 Å². The van der Waals surface area contributed by atoms with Gasteiger partial charge in [-0.05, 0) is 0 Å². The molecule has 1 aliphatic rings. The van der Waals surface area contributed by atoms with Gasteiger partial charge < -0.3 is 33.5 Å². The predicted octanol–water partition coefficient (Wildman–Crippen LogP) is -0.821. The number of rotatable bonds is 7. The maximum Gasteiger partial charge on any atom is 0.472 e. The van der Waals surface area contributed by atoms with Crippen LogP contribution in [0.1, 0.15) is 27.7 Å². The summed E-state index contributed by atoms with van der Waals surface area (Å²) in [6, 6.07) is 0. The van der Waals surface area contributed by atoms with E-state index in [0.717, 1.165) is 27.7 Å². The van der Waals surface area contributed by atoms with Crippen LogP contribution in [0.4, 0.5) is 0 Å². The lowest BCUT2D eigenvalue weighted by atomic mass is 9.98. The Hall–Kier alpha value is -2.05. The minimum absolute atomic E-state index is 0.543. The van der Waals surface area contributed by atoms with Crippen LogP contribution in [-0.2, 0) is 52.0 Å². The highest BCUT2D eigenvalue weighted by Gasteiger charge is 2.54. The molecule has 0 spiro atoms. The third-order valence-electron chi connectivity index (χ3n) is 3.19. The van der Waals surface area contributed by atoms with E-state index in [4.69, 9.17) is 33.5 Å². The number of phosphoric acid groups is 1. The summed E-state index contributed by atoms with van der Waals surface area (Å²) in [6.45, 7) is 3.56. The Kier molecular flexibility index (Phi) is 8.51. The van der Waals surface area contributed by atoms with Crippen molar-refractivity contribution in [3.05, 3.63) is 0 Å². The monoisotopic (exact) mass is 428 g/mol. The van der Waals surface area contributed by atoms with Crippen LogP contribution >= 0.6 is 7.82 Å². The van der Waals surface area contributed by atoms with Crippen molar-refractivity contribution in [2.45, 2.75) is 58.4 Å². The topological polar surface area (TPSA) is 181 Å². The molecule has 0 unspecified atom stereocenters. The van der Waals surface area contributed by atoms with E-state index in [-0.39, 0.29) is 0 Å². The molecule has 2 N–H and O–H groups in total. The smallest absolute Gasteiger partial charge is 0.463 e. The minimum Gasteiger partial charge on any atom is -0.463 e. The zero-order valence-electron chi connectivity index (χ0n) is 15.4. The average molecular weight is 428 g/mol. The molecule has 0 bridgehead atoms. The molecule has 0 saturated carbocycles. The third kappa shape index (κ3) is 7.90. The molecule has 14 heteroatoms. The second-order valence-corrected chi connectivity index (χ2v) is 6.86. The molecule has 0 amide bonds. The largest absolute Gasteiger partial charge is 0.472 e. The maximum atomic E-state index is 11.5. The molecule has 13 nitrogen and oxygen atoms in total. The molecule has 160 valence electrons. The first-order valence-corrected chi connectivity index (χ1v) is 9.37. The zero-order chi connectivity index (χ0) is 21.6. The number of carbonyl (C=O) groups is 4. The lowest BCUT2D eigenvalue weighted by Crippen LogP contribution is -2.62. The fourth-order valence-corrected chi connectivity index (χ4v) is 2.85. The lowest BCUT2D eigenvalue weighted by molar-refractivity contribution is -0.291. The van der Waals surface area contributed by atoms with Crippen LogP contribution < -0.4 is 0 Å². The molecule has 0 aromatic rings. The molecule has 28 heavy (non-hydrogen) atoms. The summed E-state index contributed by atoms with van der Waals surface area (Å²) in [6.07, 6.45) is -8.01. The SMILES string of the molecule is CC(=O)OC[C@H]1O[C@@H](OP(=O)(O)O)[C@@H](OC(C)=O)[C@@H](OC(C)=O)[C@H]1OC(C)=O. The second kappa shape index (κ2) is 9.94. The average Bonchev–Trinajstić information content (AvgIpc) is 2.48. The van der Waals surface area contributed by atoms with Gasteiger partial charge in [0.25, 0.3) is 0 Å². The van der Waals surface area contributed by atoms with Gasteiger partial charge in [-0.15, -0.1) is 0 Å². The molecule has 1 rings (SSSR count). The summed E-state index contributed by atoms with van der Waals surface area (Å²) in [5.41, 5.74) is 0. The second-order valence-electron chi connectivity index (χ2n) is 5.66. The molecule has 1 heterocycles. The van der Waals surface area contributed by atoms with Gasteiger partial charge in [-0.1, -0.05) is 0 Å². The van der Waals surface area contributed by atoms with Gasteiger partial charge >= 0.3 is 31.7 Å². The van der Waals surface area contributed by atoms with E-state index in [1.54, 1.807) is 0 Å². The molecule has 0 aromatic carbocycles. The van der Waals surface area contributed by atoms with Gasteiger partial charge in [-0.25, -0.2) is 4.57 Å². The van der Waals surface area contributed by atoms with E-state index < -0.39 is 69.0 Å². The number of carbonyl (C=O) groups excluding carboxylic acids is 4. The molecule has 1 fully saturated rings. The van der Waals surface area contributed by atoms with E-state index in [2.05, 4.69) is 4.52 Å². The zero-order valence-corrected chi connectivity index (χ0v) is 16.3. The normalized spacial score (nSPS) is 27.4. The fourth-order valence-electron chi connectivity index (χ4n) is 2.41. The molecule has 0 aromatic heterocycles. The van der Waals surface area contributed by atoms with Gasteiger partial charge in [0.05, 0.1) is 0 Å². The van der Waals surface area contributed by atoms with Crippen molar-refractivity contribution < 1.29 is 61.7 Å². The van der Waals surface area contributed by atoms with Crippen molar-refractivity contribution in [3.63, 3.8) is 0 Å². The molecule has 5 atom stereocenters.